The minimum atomic E-state index is 0.210. The number of hydrogen-bond donors (Lipinski definition) is 1. The Morgan fingerprint density at radius 3 is 2.54 bits per heavy atom. The summed E-state index contributed by atoms with van der Waals surface area (Å²) in [4.78, 5) is 0. The van der Waals surface area contributed by atoms with E-state index >= 15 is 0 Å². The Labute approximate surface area is 79.9 Å². The van der Waals surface area contributed by atoms with Gasteiger partial charge in [-0.1, -0.05) is 0 Å². The van der Waals surface area contributed by atoms with Crippen LogP contribution in [0.3, 0.4) is 0 Å². The average molecular weight is 178 g/mol. The van der Waals surface area contributed by atoms with Crippen molar-refractivity contribution < 1.29 is 0 Å². The number of nitrogens with zero attached hydrogens (tertiary/aromatic N) is 1. The lowest BCUT2D eigenvalue weighted by Gasteiger charge is -2.27. The summed E-state index contributed by atoms with van der Waals surface area (Å²) < 4.78 is 2.28. The van der Waals surface area contributed by atoms with Crippen LogP contribution < -0.4 is 5.32 Å². The molecule has 1 aromatic heterocycles. The minimum Gasteiger partial charge on any atom is -0.349 e. The van der Waals surface area contributed by atoms with Gasteiger partial charge in [-0.3, -0.25) is 0 Å². The summed E-state index contributed by atoms with van der Waals surface area (Å²) in [6, 6.07) is 2.84. The van der Waals surface area contributed by atoms with Crippen molar-refractivity contribution in [1.82, 2.24) is 9.88 Å². The molecule has 2 heteroatoms. The van der Waals surface area contributed by atoms with E-state index in [2.05, 4.69) is 49.1 Å². The highest BCUT2D eigenvalue weighted by atomic mass is 15.0. The van der Waals surface area contributed by atoms with Crippen molar-refractivity contribution in [3.05, 3.63) is 24.0 Å². The first kappa shape index (κ1) is 8.82. The molecular formula is C11H18N2. The summed E-state index contributed by atoms with van der Waals surface area (Å²) in [5, 5.41) is 3.41. The molecule has 1 aliphatic rings. The second-order valence-electron chi connectivity index (χ2n) is 4.82. The molecule has 0 spiro atoms. The van der Waals surface area contributed by atoms with Gasteiger partial charge < -0.3 is 9.88 Å². The predicted octanol–water partition coefficient (Wildman–Crippen LogP) is 2.28. The molecule has 0 bridgehead atoms. The van der Waals surface area contributed by atoms with Crippen LogP contribution in [0.1, 0.15) is 38.8 Å². The normalized spacial score (nSPS) is 22.8. The number of rotatable bonds is 1. The zero-order chi connectivity index (χ0) is 9.47. The van der Waals surface area contributed by atoms with Crippen molar-refractivity contribution in [1.29, 1.82) is 0 Å². The lowest BCUT2D eigenvalue weighted by Crippen LogP contribution is -2.34. The van der Waals surface area contributed by atoms with Crippen LogP contribution in [0.15, 0.2) is 18.5 Å². The highest BCUT2D eigenvalue weighted by Gasteiger charge is 2.21. The number of aromatic nitrogens is 1. The van der Waals surface area contributed by atoms with Gasteiger partial charge in [0.15, 0.2) is 0 Å². The largest absolute Gasteiger partial charge is 0.349 e. The molecule has 1 atom stereocenters. The molecule has 0 unspecified atom stereocenters. The Balaban J connectivity index is 2.17. The maximum absolute atomic E-state index is 3.41. The zero-order valence-electron chi connectivity index (χ0n) is 8.67. The van der Waals surface area contributed by atoms with E-state index in [1.54, 1.807) is 0 Å². The van der Waals surface area contributed by atoms with Crippen LogP contribution in [0.5, 0.6) is 0 Å². The van der Waals surface area contributed by atoms with Gasteiger partial charge in [0.2, 0.25) is 0 Å². The SMILES string of the molecule is CC(C)(C)n1ccc([C@H]2CCN2)c1. The van der Waals surface area contributed by atoms with E-state index < -0.39 is 0 Å². The summed E-state index contributed by atoms with van der Waals surface area (Å²) in [7, 11) is 0. The third kappa shape index (κ3) is 1.63. The predicted molar refractivity (Wildman–Crippen MR) is 54.8 cm³/mol. The third-order valence-electron chi connectivity index (χ3n) is 2.72. The van der Waals surface area contributed by atoms with Crippen LogP contribution in [0.2, 0.25) is 0 Å². The molecule has 1 aromatic rings. The lowest BCUT2D eigenvalue weighted by atomic mass is 10.0. The van der Waals surface area contributed by atoms with E-state index in [1.807, 2.05) is 0 Å². The molecule has 13 heavy (non-hydrogen) atoms. The Morgan fingerprint density at radius 1 is 1.46 bits per heavy atom. The summed E-state index contributed by atoms with van der Waals surface area (Å²) in [5.74, 6) is 0. The van der Waals surface area contributed by atoms with E-state index in [0.717, 1.165) is 0 Å². The van der Waals surface area contributed by atoms with Crippen molar-refractivity contribution in [2.45, 2.75) is 38.8 Å². The molecule has 2 rings (SSSR count). The molecule has 2 nitrogen and oxygen atoms in total. The molecule has 1 N–H and O–H groups in total. The first-order valence-electron chi connectivity index (χ1n) is 4.99. The second kappa shape index (κ2) is 2.88. The smallest absolute Gasteiger partial charge is 0.0355 e. The van der Waals surface area contributed by atoms with Gasteiger partial charge in [-0.2, -0.15) is 0 Å². The van der Waals surface area contributed by atoms with Crippen molar-refractivity contribution in [2.75, 3.05) is 6.54 Å². The highest BCUT2D eigenvalue weighted by molar-refractivity contribution is 5.18. The fourth-order valence-electron chi connectivity index (χ4n) is 1.61. The molecule has 1 aliphatic heterocycles. The van der Waals surface area contributed by atoms with Gasteiger partial charge in [0, 0.05) is 24.0 Å². The molecule has 1 saturated heterocycles. The molecular weight excluding hydrogens is 160 g/mol. The van der Waals surface area contributed by atoms with Crippen LogP contribution in [-0.2, 0) is 5.54 Å². The summed E-state index contributed by atoms with van der Waals surface area (Å²) >= 11 is 0. The van der Waals surface area contributed by atoms with Crippen LogP contribution in [0.25, 0.3) is 0 Å². The monoisotopic (exact) mass is 178 g/mol. The quantitative estimate of drug-likeness (QED) is 0.698. The van der Waals surface area contributed by atoms with Crippen LogP contribution in [-0.4, -0.2) is 11.1 Å². The number of hydrogen-bond acceptors (Lipinski definition) is 1. The number of nitrogens with one attached hydrogen (secondary N) is 1. The lowest BCUT2D eigenvalue weighted by molar-refractivity contribution is 0.374. The van der Waals surface area contributed by atoms with Crippen molar-refractivity contribution >= 4 is 0 Å². The summed E-state index contributed by atoms with van der Waals surface area (Å²) in [6.45, 7) is 7.85. The second-order valence-corrected chi connectivity index (χ2v) is 4.82. The molecule has 0 saturated carbocycles. The van der Waals surface area contributed by atoms with Crippen molar-refractivity contribution in [3.8, 4) is 0 Å². The van der Waals surface area contributed by atoms with Crippen LogP contribution >= 0.6 is 0 Å². The Hall–Kier alpha value is -0.760. The minimum absolute atomic E-state index is 0.210. The third-order valence-corrected chi connectivity index (χ3v) is 2.72. The van der Waals surface area contributed by atoms with Gasteiger partial charge in [-0.05, 0) is 45.4 Å². The molecule has 0 radical (unpaired) electrons. The van der Waals surface area contributed by atoms with E-state index in [-0.39, 0.29) is 5.54 Å². The van der Waals surface area contributed by atoms with Gasteiger partial charge >= 0.3 is 0 Å². The average Bonchev–Trinajstić information content (AvgIpc) is 2.29. The van der Waals surface area contributed by atoms with E-state index in [0.29, 0.717) is 6.04 Å². The van der Waals surface area contributed by atoms with E-state index in [9.17, 15) is 0 Å². The zero-order valence-corrected chi connectivity index (χ0v) is 8.67. The molecule has 1 fully saturated rings. The van der Waals surface area contributed by atoms with Gasteiger partial charge in [0.25, 0.3) is 0 Å². The summed E-state index contributed by atoms with van der Waals surface area (Å²) in [6.07, 6.45) is 5.72. The Kier molecular flexibility index (Phi) is 1.95. The summed E-state index contributed by atoms with van der Waals surface area (Å²) in [5.41, 5.74) is 1.64. The highest BCUT2D eigenvalue weighted by Crippen LogP contribution is 2.25. The van der Waals surface area contributed by atoms with Crippen LogP contribution in [0.4, 0.5) is 0 Å². The van der Waals surface area contributed by atoms with Crippen molar-refractivity contribution in [2.24, 2.45) is 0 Å². The molecule has 0 aromatic carbocycles. The first-order chi connectivity index (χ1) is 6.07. The Morgan fingerprint density at radius 2 is 2.15 bits per heavy atom. The molecule has 0 aliphatic carbocycles. The van der Waals surface area contributed by atoms with E-state index in [4.69, 9.17) is 0 Å². The fraction of sp³-hybridized carbons (Fsp3) is 0.636. The molecule has 72 valence electrons. The van der Waals surface area contributed by atoms with E-state index in [1.165, 1.54) is 18.5 Å². The Bertz CT molecular complexity index is 289. The van der Waals surface area contributed by atoms with Gasteiger partial charge in [0.05, 0.1) is 0 Å². The van der Waals surface area contributed by atoms with Gasteiger partial charge in [0.1, 0.15) is 0 Å². The topological polar surface area (TPSA) is 17.0 Å². The maximum Gasteiger partial charge on any atom is 0.0355 e. The van der Waals surface area contributed by atoms with Gasteiger partial charge in [-0.15, -0.1) is 0 Å². The van der Waals surface area contributed by atoms with Crippen molar-refractivity contribution in [3.63, 3.8) is 0 Å². The molecule has 2 heterocycles. The van der Waals surface area contributed by atoms with Gasteiger partial charge in [-0.25, -0.2) is 0 Å². The first-order valence-corrected chi connectivity index (χ1v) is 4.99. The fourth-order valence-corrected chi connectivity index (χ4v) is 1.61. The maximum atomic E-state index is 3.41. The standard InChI is InChI=1S/C11H18N2/c1-11(2,3)13-7-5-9(8-13)10-4-6-12-10/h5,7-8,10,12H,4,6H2,1-3H3/t10-/m1/s1. The van der Waals surface area contributed by atoms with Crippen LogP contribution in [0, 0.1) is 0 Å². The molecule has 0 amide bonds.